The zero-order chi connectivity index (χ0) is 54.6. The number of rotatable bonds is 45. The Labute approximate surface area is 452 Å². The molecule has 14 nitrogen and oxygen atoms in total. The fourth-order valence-corrected chi connectivity index (χ4v) is 9.10. The van der Waals surface area contributed by atoms with Crippen molar-refractivity contribution in [2.45, 2.75) is 274 Å². The van der Waals surface area contributed by atoms with Crippen LogP contribution in [0.25, 0.3) is 0 Å². The number of hydrogen-bond donors (Lipinski definition) is 9. The van der Waals surface area contributed by atoms with Gasteiger partial charge < -0.3 is 65.1 Å². The lowest BCUT2D eigenvalue weighted by Crippen LogP contribution is -2.65. The zero-order valence-electron chi connectivity index (χ0n) is 46.3. The summed E-state index contributed by atoms with van der Waals surface area (Å²) < 4.78 is 22.7. The van der Waals surface area contributed by atoms with Crippen LogP contribution < -0.4 is 5.32 Å². The van der Waals surface area contributed by atoms with E-state index in [2.05, 4.69) is 92.1 Å². The summed E-state index contributed by atoms with van der Waals surface area (Å²) in [7, 11) is 0. The maximum Gasteiger partial charge on any atom is 0.220 e. The number of amides is 1. The molecule has 0 aliphatic carbocycles. The molecule has 0 spiro atoms. The molecular weight excluding hydrogens is 955 g/mol. The predicted octanol–water partition coefficient (Wildman–Crippen LogP) is 9.72. The molecule has 0 radical (unpaired) electrons. The lowest BCUT2D eigenvalue weighted by atomic mass is 9.97. The third-order valence-corrected chi connectivity index (χ3v) is 13.8. The Morgan fingerprint density at radius 3 is 1.47 bits per heavy atom. The Morgan fingerprint density at radius 1 is 0.493 bits per heavy atom. The van der Waals surface area contributed by atoms with Gasteiger partial charge in [-0.3, -0.25) is 4.79 Å². The molecule has 0 aromatic carbocycles. The Bertz CT molecular complexity index is 1580. The third kappa shape index (κ3) is 32.0. The van der Waals surface area contributed by atoms with E-state index in [9.17, 15) is 45.6 Å². The van der Waals surface area contributed by atoms with Crippen molar-refractivity contribution in [3.05, 3.63) is 85.1 Å². The van der Waals surface area contributed by atoms with Gasteiger partial charge >= 0.3 is 0 Å². The number of carbonyl (C=O) groups excluding carboxylic acids is 1. The molecule has 2 fully saturated rings. The smallest absolute Gasteiger partial charge is 0.220 e. The van der Waals surface area contributed by atoms with Crippen LogP contribution >= 0.6 is 0 Å². The highest BCUT2D eigenvalue weighted by molar-refractivity contribution is 5.76. The van der Waals surface area contributed by atoms with Crippen molar-refractivity contribution in [2.75, 3.05) is 19.8 Å². The Balaban J connectivity index is 1.82. The van der Waals surface area contributed by atoms with E-state index >= 15 is 0 Å². The summed E-state index contributed by atoms with van der Waals surface area (Å²) in [5.41, 5.74) is 0. The first-order valence-electron chi connectivity index (χ1n) is 29.3. The van der Waals surface area contributed by atoms with Crippen molar-refractivity contribution in [1.29, 1.82) is 0 Å². The van der Waals surface area contributed by atoms with Crippen molar-refractivity contribution in [3.63, 3.8) is 0 Å². The number of aliphatic hydroxyl groups is 8. The maximum atomic E-state index is 13.2. The molecule has 75 heavy (non-hydrogen) atoms. The summed E-state index contributed by atoms with van der Waals surface area (Å²) in [6.45, 7) is 2.64. The van der Waals surface area contributed by atoms with Gasteiger partial charge in [-0.2, -0.15) is 0 Å². The molecule has 0 saturated carbocycles. The van der Waals surface area contributed by atoms with E-state index in [-0.39, 0.29) is 18.9 Å². The van der Waals surface area contributed by atoms with Gasteiger partial charge in [-0.15, -0.1) is 0 Å². The lowest BCUT2D eigenvalue weighted by molar-refractivity contribution is -0.359. The molecule has 0 aromatic rings. The molecule has 12 atom stereocenters. The predicted molar refractivity (Wildman–Crippen MR) is 300 cm³/mol. The fraction of sp³-hybridized carbons (Fsp3) is 0.754. The van der Waals surface area contributed by atoms with Gasteiger partial charge in [0.1, 0.15) is 48.8 Å². The number of ether oxygens (including phenoxy) is 4. The Kier molecular flexibility index (Phi) is 42.0. The molecule has 432 valence electrons. The highest BCUT2D eigenvalue weighted by Gasteiger charge is 2.51. The molecule has 1 amide bonds. The standard InChI is InChI=1S/C61H105NO13/c1-3-5-7-9-11-13-15-17-19-21-23-24-25-27-28-30-32-34-36-38-40-42-44-50(65)49(62-53(66)45-43-41-39-37-35-33-31-29-26-22-20-18-16-14-12-10-8-6-4-2)48-72-60-58(71)56(69)59(52(47-64)74-60)75-61-57(70)55(68)54(67)51(46-63)73-61/h6,8,12,14,18,20,26,29,33-36,42,44,49-52,54-61,63-65,67-71H,3-5,7,9-11,13,15-17,19,21-25,27-28,30-32,37-41,43,45-48H2,1-2H3,(H,62,66)/b8-6-,14-12-,20-18-,29-26-,35-33-,36-34+,44-42+. The molecular formula is C61H105NO13. The van der Waals surface area contributed by atoms with E-state index in [1.807, 2.05) is 6.08 Å². The summed E-state index contributed by atoms with van der Waals surface area (Å²) in [5.74, 6) is -0.283. The quantitative estimate of drug-likeness (QED) is 0.0205. The van der Waals surface area contributed by atoms with Crippen LogP contribution in [-0.2, 0) is 23.7 Å². The van der Waals surface area contributed by atoms with E-state index < -0.39 is 86.8 Å². The second-order valence-corrected chi connectivity index (χ2v) is 20.4. The van der Waals surface area contributed by atoms with Crippen LogP contribution in [0.3, 0.4) is 0 Å². The Hall–Kier alpha value is -2.83. The van der Waals surface area contributed by atoms with Crippen molar-refractivity contribution < 1.29 is 64.6 Å². The summed E-state index contributed by atoms with van der Waals surface area (Å²) >= 11 is 0. The second kappa shape index (κ2) is 46.1. The first kappa shape index (κ1) is 68.3. The molecule has 2 rings (SSSR count). The lowest BCUT2D eigenvalue weighted by Gasteiger charge is -2.46. The molecule has 14 heteroatoms. The summed E-state index contributed by atoms with van der Waals surface area (Å²) in [6.07, 6.45) is 44.8. The van der Waals surface area contributed by atoms with Gasteiger partial charge in [-0.05, 0) is 77.0 Å². The van der Waals surface area contributed by atoms with Gasteiger partial charge in [0.2, 0.25) is 5.91 Å². The molecule has 2 aliphatic heterocycles. The third-order valence-electron chi connectivity index (χ3n) is 13.8. The summed E-state index contributed by atoms with van der Waals surface area (Å²) in [5, 5.41) is 87.0. The minimum atomic E-state index is -1.80. The average molecular weight is 1060 g/mol. The average Bonchev–Trinajstić information content (AvgIpc) is 3.41. The van der Waals surface area contributed by atoms with E-state index in [0.717, 1.165) is 64.2 Å². The molecule has 12 unspecified atom stereocenters. The van der Waals surface area contributed by atoms with Crippen LogP contribution in [0.1, 0.15) is 200 Å². The van der Waals surface area contributed by atoms with Gasteiger partial charge in [-0.1, -0.05) is 202 Å². The summed E-state index contributed by atoms with van der Waals surface area (Å²) in [4.78, 5) is 13.2. The van der Waals surface area contributed by atoms with E-state index in [1.54, 1.807) is 6.08 Å². The van der Waals surface area contributed by atoms with E-state index in [0.29, 0.717) is 12.8 Å². The van der Waals surface area contributed by atoms with Crippen LogP contribution in [0.4, 0.5) is 0 Å². The van der Waals surface area contributed by atoms with Crippen molar-refractivity contribution in [1.82, 2.24) is 5.32 Å². The second-order valence-electron chi connectivity index (χ2n) is 20.4. The number of hydrogen-bond acceptors (Lipinski definition) is 13. The fourth-order valence-electron chi connectivity index (χ4n) is 9.10. The molecule has 2 aliphatic rings. The van der Waals surface area contributed by atoms with E-state index in [4.69, 9.17) is 18.9 Å². The van der Waals surface area contributed by atoms with E-state index in [1.165, 1.54) is 103 Å². The molecule has 9 N–H and O–H groups in total. The topological polar surface area (TPSA) is 228 Å². The van der Waals surface area contributed by atoms with Crippen molar-refractivity contribution >= 4 is 5.91 Å². The van der Waals surface area contributed by atoms with Gasteiger partial charge in [0.05, 0.1) is 32.0 Å². The molecule has 0 aromatic heterocycles. The SMILES string of the molecule is CC/C=C\C/C=C\C/C=C\C/C=C\C/C=C\CCCCCC(=O)NC(COC1OC(CO)C(OC2OC(CO)C(O)C(O)C2O)C(O)C1O)C(O)/C=C/CC/C=C/CCCCCCCCCCCCCCCCCC. The van der Waals surface area contributed by atoms with Gasteiger partial charge in [-0.25, -0.2) is 0 Å². The van der Waals surface area contributed by atoms with Crippen LogP contribution in [0.2, 0.25) is 0 Å². The minimum Gasteiger partial charge on any atom is -0.394 e. The van der Waals surface area contributed by atoms with Gasteiger partial charge in [0.25, 0.3) is 0 Å². The minimum absolute atomic E-state index is 0.230. The highest BCUT2D eigenvalue weighted by Crippen LogP contribution is 2.30. The summed E-state index contributed by atoms with van der Waals surface area (Å²) in [6, 6.07) is -0.955. The number of unbranched alkanes of at least 4 members (excludes halogenated alkanes) is 20. The number of allylic oxidation sites excluding steroid dienone is 13. The van der Waals surface area contributed by atoms with Crippen LogP contribution in [0, 0.1) is 0 Å². The van der Waals surface area contributed by atoms with Crippen LogP contribution in [-0.4, -0.2) is 140 Å². The number of aliphatic hydroxyl groups excluding tert-OH is 8. The van der Waals surface area contributed by atoms with Crippen LogP contribution in [0.15, 0.2) is 85.1 Å². The Morgan fingerprint density at radius 2 is 0.933 bits per heavy atom. The highest BCUT2D eigenvalue weighted by atomic mass is 16.7. The largest absolute Gasteiger partial charge is 0.394 e. The number of carbonyl (C=O) groups is 1. The zero-order valence-corrected chi connectivity index (χ0v) is 46.3. The first-order chi connectivity index (χ1) is 36.6. The normalized spacial score (nSPS) is 25.7. The number of nitrogens with one attached hydrogen (secondary N) is 1. The molecule has 2 heterocycles. The monoisotopic (exact) mass is 1060 g/mol. The van der Waals surface area contributed by atoms with Gasteiger partial charge in [0.15, 0.2) is 12.6 Å². The van der Waals surface area contributed by atoms with Crippen LogP contribution in [0.5, 0.6) is 0 Å². The van der Waals surface area contributed by atoms with Crippen molar-refractivity contribution in [3.8, 4) is 0 Å². The van der Waals surface area contributed by atoms with Crippen molar-refractivity contribution in [2.24, 2.45) is 0 Å². The molecule has 2 saturated heterocycles. The molecule has 0 bridgehead atoms. The maximum absolute atomic E-state index is 13.2. The van der Waals surface area contributed by atoms with Gasteiger partial charge in [0, 0.05) is 6.42 Å². The first-order valence-corrected chi connectivity index (χ1v) is 29.3.